The van der Waals surface area contributed by atoms with Crippen LogP contribution in [0.25, 0.3) is 6.08 Å². The molecule has 23 heavy (non-hydrogen) atoms. The maximum atomic E-state index is 11.9. The predicted octanol–water partition coefficient (Wildman–Crippen LogP) is 2.07. The van der Waals surface area contributed by atoms with E-state index in [4.69, 9.17) is 0 Å². The topological polar surface area (TPSA) is 101 Å². The predicted molar refractivity (Wildman–Crippen MR) is 84.2 cm³/mol. The molecule has 7 heteroatoms. The van der Waals surface area contributed by atoms with E-state index in [1.165, 1.54) is 30.3 Å². The van der Waals surface area contributed by atoms with Crippen LogP contribution in [0.4, 0.5) is 5.69 Å². The van der Waals surface area contributed by atoms with Crippen molar-refractivity contribution in [2.75, 3.05) is 0 Å². The Morgan fingerprint density at radius 1 is 0.957 bits per heavy atom. The summed E-state index contributed by atoms with van der Waals surface area (Å²) in [5, 5.41) is 10.9. The lowest BCUT2D eigenvalue weighted by atomic mass is 10.2. The van der Waals surface area contributed by atoms with Gasteiger partial charge in [0, 0.05) is 12.1 Å². The summed E-state index contributed by atoms with van der Waals surface area (Å²) in [4.78, 5) is 33.7. The quantitative estimate of drug-likeness (QED) is 0.512. The lowest BCUT2D eigenvalue weighted by Gasteiger charge is -2.05. The molecule has 0 atom stereocenters. The summed E-state index contributed by atoms with van der Waals surface area (Å²) in [6.45, 7) is 0. The molecular weight excluding hydrogens is 298 g/mol. The molecule has 0 bridgehead atoms. The van der Waals surface area contributed by atoms with Crippen LogP contribution in [0.3, 0.4) is 0 Å². The van der Waals surface area contributed by atoms with Crippen LogP contribution in [-0.2, 0) is 4.79 Å². The number of rotatable bonds is 4. The highest BCUT2D eigenvalue weighted by Gasteiger charge is 2.19. The molecule has 116 valence electrons. The van der Waals surface area contributed by atoms with Crippen molar-refractivity contribution >= 4 is 23.6 Å². The van der Waals surface area contributed by atoms with Gasteiger partial charge in [-0.15, -0.1) is 0 Å². The van der Waals surface area contributed by atoms with Gasteiger partial charge in [0.1, 0.15) is 5.56 Å². The zero-order chi connectivity index (χ0) is 16.7. The fraction of sp³-hybridized carbons (Fsp3) is 0. The van der Waals surface area contributed by atoms with Crippen LogP contribution in [0.2, 0.25) is 0 Å². The fourth-order valence-corrected chi connectivity index (χ4v) is 1.79. The van der Waals surface area contributed by atoms with E-state index in [-0.39, 0.29) is 11.3 Å². The molecule has 0 fully saturated rings. The number of amides is 2. The Balaban J connectivity index is 1.96. The van der Waals surface area contributed by atoms with Gasteiger partial charge in [0.25, 0.3) is 17.5 Å². The summed E-state index contributed by atoms with van der Waals surface area (Å²) in [7, 11) is 0. The van der Waals surface area contributed by atoms with E-state index in [0.29, 0.717) is 0 Å². The molecule has 0 unspecified atom stereocenters. The van der Waals surface area contributed by atoms with Gasteiger partial charge in [0.05, 0.1) is 4.92 Å². The third-order valence-corrected chi connectivity index (χ3v) is 2.87. The SMILES string of the molecule is O=C(/C=C\c1ccccc1)NNC(=O)c1ccccc1[N+](=O)[O-]. The number of hydrazine groups is 1. The molecule has 0 aliphatic rings. The maximum absolute atomic E-state index is 11.9. The number of para-hydroxylation sites is 1. The fourth-order valence-electron chi connectivity index (χ4n) is 1.79. The lowest BCUT2D eigenvalue weighted by molar-refractivity contribution is -0.385. The molecule has 2 amide bonds. The molecule has 0 aliphatic heterocycles. The number of nitro benzene ring substituents is 1. The first-order valence-electron chi connectivity index (χ1n) is 6.65. The molecule has 0 radical (unpaired) electrons. The molecule has 7 nitrogen and oxygen atoms in total. The highest BCUT2D eigenvalue weighted by atomic mass is 16.6. The van der Waals surface area contributed by atoms with Crippen molar-refractivity contribution in [1.82, 2.24) is 10.9 Å². The van der Waals surface area contributed by atoms with Crippen molar-refractivity contribution in [3.63, 3.8) is 0 Å². The third kappa shape index (κ3) is 4.50. The molecule has 2 rings (SSSR count). The van der Waals surface area contributed by atoms with Crippen molar-refractivity contribution in [2.24, 2.45) is 0 Å². The molecule has 0 spiro atoms. The van der Waals surface area contributed by atoms with Crippen molar-refractivity contribution in [3.05, 3.63) is 81.9 Å². The maximum Gasteiger partial charge on any atom is 0.282 e. The van der Waals surface area contributed by atoms with E-state index in [2.05, 4.69) is 10.9 Å². The van der Waals surface area contributed by atoms with Crippen molar-refractivity contribution < 1.29 is 14.5 Å². The van der Waals surface area contributed by atoms with E-state index in [0.717, 1.165) is 5.56 Å². The second kappa shape index (κ2) is 7.51. The number of hydrogen-bond donors (Lipinski definition) is 2. The van der Waals surface area contributed by atoms with Crippen LogP contribution in [0.1, 0.15) is 15.9 Å². The Labute approximate surface area is 131 Å². The van der Waals surface area contributed by atoms with Crippen LogP contribution in [0.5, 0.6) is 0 Å². The van der Waals surface area contributed by atoms with E-state index < -0.39 is 16.7 Å². The average Bonchev–Trinajstić information content (AvgIpc) is 2.58. The van der Waals surface area contributed by atoms with Crippen LogP contribution >= 0.6 is 0 Å². The van der Waals surface area contributed by atoms with Gasteiger partial charge < -0.3 is 0 Å². The van der Waals surface area contributed by atoms with Gasteiger partial charge in [-0.3, -0.25) is 30.6 Å². The van der Waals surface area contributed by atoms with Crippen LogP contribution in [-0.4, -0.2) is 16.7 Å². The summed E-state index contributed by atoms with van der Waals surface area (Å²) >= 11 is 0. The first-order valence-corrected chi connectivity index (χ1v) is 6.65. The van der Waals surface area contributed by atoms with Gasteiger partial charge in [-0.05, 0) is 17.7 Å². The number of hydrogen-bond acceptors (Lipinski definition) is 4. The van der Waals surface area contributed by atoms with Gasteiger partial charge in [0.2, 0.25) is 0 Å². The first kappa shape index (κ1) is 15.9. The molecule has 0 aliphatic carbocycles. The number of benzene rings is 2. The molecular formula is C16H13N3O4. The van der Waals surface area contributed by atoms with Gasteiger partial charge in [-0.25, -0.2) is 0 Å². The summed E-state index contributed by atoms with van der Waals surface area (Å²) in [5.74, 6) is -1.32. The molecule has 2 aromatic carbocycles. The summed E-state index contributed by atoms with van der Waals surface area (Å²) in [6, 6.07) is 14.6. The van der Waals surface area contributed by atoms with Gasteiger partial charge in [-0.2, -0.15) is 0 Å². The Morgan fingerprint density at radius 2 is 1.61 bits per heavy atom. The third-order valence-electron chi connectivity index (χ3n) is 2.87. The van der Waals surface area contributed by atoms with Crippen molar-refractivity contribution in [1.29, 1.82) is 0 Å². The second-order valence-electron chi connectivity index (χ2n) is 4.46. The number of nitrogens with zero attached hydrogens (tertiary/aromatic N) is 1. The van der Waals surface area contributed by atoms with Crippen molar-refractivity contribution in [2.45, 2.75) is 0 Å². The van der Waals surface area contributed by atoms with Crippen LogP contribution in [0, 0.1) is 10.1 Å². The number of carbonyl (C=O) groups is 2. The smallest absolute Gasteiger partial charge is 0.268 e. The zero-order valence-electron chi connectivity index (χ0n) is 11.9. The van der Waals surface area contributed by atoms with E-state index in [9.17, 15) is 19.7 Å². The second-order valence-corrected chi connectivity index (χ2v) is 4.46. The Bertz CT molecular complexity index is 757. The summed E-state index contributed by atoms with van der Waals surface area (Å²) < 4.78 is 0. The highest BCUT2D eigenvalue weighted by molar-refractivity contribution is 6.00. The van der Waals surface area contributed by atoms with E-state index in [1.807, 2.05) is 30.3 Å². The minimum absolute atomic E-state index is 0.134. The molecule has 0 aromatic heterocycles. The van der Waals surface area contributed by atoms with Gasteiger partial charge in [-0.1, -0.05) is 42.5 Å². The van der Waals surface area contributed by atoms with Crippen molar-refractivity contribution in [3.8, 4) is 0 Å². The average molecular weight is 311 g/mol. The van der Waals surface area contributed by atoms with E-state index >= 15 is 0 Å². The minimum atomic E-state index is -0.765. The number of carbonyl (C=O) groups excluding carboxylic acids is 2. The summed E-state index contributed by atoms with van der Waals surface area (Å²) in [5.41, 5.74) is 4.66. The van der Waals surface area contributed by atoms with E-state index in [1.54, 1.807) is 6.08 Å². The Morgan fingerprint density at radius 3 is 2.30 bits per heavy atom. The highest BCUT2D eigenvalue weighted by Crippen LogP contribution is 2.16. The number of nitro groups is 1. The van der Waals surface area contributed by atoms with Crippen LogP contribution in [0.15, 0.2) is 60.7 Å². The monoisotopic (exact) mass is 311 g/mol. The van der Waals surface area contributed by atoms with Crippen LogP contribution < -0.4 is 10.9 Å². The minimum Gasteiger partial charge on any atom is -0.268 e. The molecule has 2 aromatic rings. The normalized spacial score (nSPS) is 10.3. The molecule has 0 saturated carbocycles. The Hall–Kier alpha value is -3.48. The Kier molecular flexibility index (Phi) is 5.19. The number of nitrogens with one attached hydrogen (secondary N) is 2. The largest absolute Gasteiger partial charge is 0.282 e. The first-order chi connectivity index (χ1) is 11.1. The molecule has 0 saturated heterocycles. The molecule has 0 heterocycles. The summed E-state index contributed by atoms with van der Waals surface area (Å²) in [6.07, 6.45) is 2.82. The lowest BCUT2D eigenvalue weighted by Crippen LogP contribution is -2.40. The standard InChI is InChI=1S/C16H13N3O4/c20-15(11-10-12-6-2-1-3-7-12)17-18-16(21)13-8-4-5-9-14(13)19(22)23/h1-11H,(H,17,20)(H,18,21)/b11-10-. The van der Waals surface area contributed by atoms with Gasteiger partial charge >= 0.3 is 0 Å². The zero-order valence-corrected chi connectivity index (χ0v) is 11.9. The molecule has 2 N–H and O–H groups in total. The van der Waals surface area contributed by atoms with Gasteiger partial charge in [0.15, 0.2) is 0 Å².